The summed E-state index contributed by atoms with van der Waals surface area (Å²) in [6.07, 6.45) is 0. The molecule has 1 saturated heterocycles. The van der Waals surface area contributed by atoms with Gasteiger partial charge in [-0.15, -0.1) is 0 Å². The minimum atomic E-state index is -3.81. The fraction of sp³-hybridized carbons (Fsp3) is 0.231. The highest BCUT2D eigenvalue weighted by molar-refractivity contribution is 7.89. The number of nitriles is 1. The molecule has 0 bridgehead atoms. The van der Waals surface area contributed by atoms with Crippen LogP contribution in [0.5, 0.6) is 0 Å². The van der Waals surface area contributed by atoms with Crippen molar-refractivity contribution in [2.24, 2.45) is 0 Å². The summed E-state index contributed by atoms with van der Waals surface area (Å²) in [6.45, 7) is 3.21. The van der Waals surface area contributed by atoms with Crippen molar-refractivity contribution in [1.29, 1.82) is 5.26 Å². The maximum atomic E-state index is 13.4. The summed E-state index contributed by atoms with van der Waals surface area (Å²) < 4.78 is 27.8. The number of carbonyl (C=O) groups excluding carboxylic acids is 1. The van der Waals surface area contributed by atoms with Crippen LogP contribution in [0.1, 0.15) is 22.7 Å². The summed E-state index contributed by atoms with van der Waals surface area (Å²) in [5.41, 5.74) is 2.79. The van der Waals surface area contributed by atoms with E-state index in [0.29, 0.717) is 18.8 Å². The van der Waals surface area contributed by atoms with Crippen molar-refractivity contribution in [3.8, 4) is 6.07 Å². The monoisotopic (exact) mass is 474 g/mol. The Hall–Kier alpha value is -3.51. The highest BCUT2D eigenvalue weighted by atomic mass is 32.2. The van der Waals surface area contributed by atoms with E-state index < -0.39 is 16.1 Å². The van der Waals surface area contributed by atoms with E-state index in [1.54, 1.807) is 12.1 Å². The summed E-state index contributed by atoms with van der Waals surface area (Å²) in [5.74, 6) is -0.166. The van der Waals surface area contributed by atoms with Crippen molar-refractivity contribution < 1.29 is 13.2 Å². The largest absolute Gasteiger partial charge is 0.324 e. The predicted molar refractivity (Wildman–Crippen MR) is 130 cm³/mol. The van der Waals surface area contributed by atoms with Crippen LogP contribution in [0.4, 0.5) is 5.69 Å². The molecule has 8 heteroatoms. The van der Waals surface area contributed by atoms with Gasteiger partial charge in [0.15, 0.2) is 0 Å². The van der Waals surface area contributed by atoms with Crippen LogP contribution in [-0.2, 0) is 14.8 Å². The molecular formula is C26H26N4O3S. The summed E-state index contributed by atoms with van der Waals surface area (Å²) in [6, 6.07) is 24.7. The Morgan fingerprint density at radius 3 is 2.18 bits per heavy atom. The Labute approximate surface area is 200 Å². The van der Waals surface area contributed by atoms with Crippen LogP contribution in [0.25, 0.3) is 0 Å². The minimum Gasteiger partial charge on any atom is -0.324 e. The van der Waals surface area contributed by atoms with E-state index in [1.807, 2.05) is 72.5 Å². The number of hydrogen-bond donors (Lipinski definition) is 1. The Bertz CT molecular complexity index is 1290. The topological polar surface area (TPSA) is 93.5 Å². The predicted octanol–water partition coefficient (Wildman–Crippen LogP) is 3.55. The zero-order valence-corrected chi connectivity index (χ0v) is 19.7. The molecule has 1 aliphatic heterocycles. The molecule has 7 nitrogen and oxygen atoms in total. The average Bonchev–Trinajstić information content (AvgIpc) is 2.86. The van der Waals surface area contributed by atoms with Gasteiger partial charge in [-0.05, 0) is 36.8 Å². The summed E-state index contributed by atoms with van der Waals surface area (Å²) >= 11 is 0. The van der Waals surface area contributed by atoms with Gasteiger partial charge in [-0.25, -0.2) is 8.42 Å². The standard InChI is InChI=1S/C26H26N4O3S/c1-20-11-13-23(14-12-20)28-26(31)25(21-7-3-2-4-8-21)29-15-17-30(18-16-29)34(32,33)24-10-6-5-9-22(24)19-27/h2-14,25H,15-18H2,1H3,(H,28,31)/t25-/m1/s1. The summed E-state index contributed by atoms with van der Waals surface area (Å²) in [5, 5.41) is 12.3. The van der Waals surface area contributed by atoms with E-state index >= 15 is 0 Å². The number of rotatable bonds is 6. The molecule has 174 valence electrons. The number of carbonyl (C=O) groups is 1. The van der Waals surface area contributed by atoms with Crippen LogP contribution >= 0.6 is 0 Å². The van der Waals surface area contributed by atoms with Crippen molar-refractivity contribution in [3.05, 3.63) is 95.6 Å². The smallest absolute Gasteiger partial charge is 0.246 e. The lowest BCUT2D eigenvalue weighted by atomic mass is 10.0. The highest BCUT2D eigenvalue weighted by Crippen LogP contribution is 2.27. The third kappa shape index (κ3) is 5.02. The number of nitrogens with zero attached hydrogens (tertiary/aromatic N) is 3. The molecule has 0 spiro atoms. The van der Waals surface area contributed by atoms with Gasteiger partial charge in [0.25, 0.3) is 0 Å². The molecular weight excluding hydrogens is 448 g/mol. The van der Waals surface area contributed by atoms with E-state index in [9.17, 15) is 18.5 Å². The maximum absolute atomic E-state index is 13.4. The van der Waals surface area contributed by atoms with Gasteiger partial charge in [0.05, 0.1) is 10.5 Å². The molecule has 0 saturated carbocycles. The first kappa shape index (κ1) is 23.6. The molecule has 4 rings (SSSR count). The lowest BCUT2D eigenvalue weighted by Crippen LogP contribution is -2.51. The third-order valence-corrected chi connectivity index (χ3v) is 7.90. The molecule has 1 aliphatic rings. The number of nitrogens with one attached hydrogen (secondary N) is 1. The maximum Gasteiger partial charge on any atom is 0.246 e. The van der Waals surface area contributed by atoms with Gasteiger partial charge in [-0.2, -0.15) is 9.57 Å². The number of sulfonamides is 1. The Morgan fingerprint density at radius 1 is 0.912 bits per heavy atom. The van der Waals surface area contributed by atoms with E-state index in [4.69, 9.17) is 0 Å². The Balaban J connectivity index is 1.54. The molecule has 3 aromatic carbocycles. The van der Waals surface area contributed by atoms with Crippen molar-refractivity contribution in [2.75, 3.05) is 31.5 Å². The van der Waals surface area contributed by atoms with Crippen molar-refractivity contribution in [2.45, 2.75) is 17.9 Å². The second-order valence-corrected chi connectivity index (χ2v) is 10.1. The normalized spacial score (nSPS) is 15.9. The Kier molecular flexibility index (Phi) is 7.08. The van der Waals surface area contributed by atoms with E-state index in [2.05, 4.69) is 5.32 Å². The lowest BCUT2D eigenvalue weighted by Gasteiger charge is -2.38. The first-order chi connectivity index (χ1) is 16.4. The van der Waals surface area contributed by atoms with Gasteiger partial charge in [0.2, 0.25) is 15.9 Å². The first-order valence-corrected chi connectivity index (χ1v) is 12.5. The van der Waals surface area contributed by atoms with Crippen LogP contribution in [0.15, 0.2) is 83.8 Å². The number of amides is 1. The lowest BCUT2D eigenvalue weighted by molar-refractivity contribution is -0.122. The molecule has 1 amide bonds. The second kappa shape index (κ2) is 10.2. The molecule has 0 unspecified atom stereocenters. The summed E-state index contributed by atoms with van der Waals surface area (Å²) in [7, 11) is -3.81. The molecule has 0 aromatic heterocycles. The van der Waals surface area contributed by atoms with Gasteiger partial charge in [-0.3, -0.25) is 9.69 Å². The van der Waals surface area contributed by atoms with Crippen LogP contribution < -0.4 is 5.32 Å². The SMILES string of the molecule is Cc1ccc(NC(=O)[C@@H](c2ccccc2)N2CCN(S(=O)(=O)c3ccccc3C#N)CC2)cc1. The Morgan fingerprint density at radius 2 is 1.53 bits per heavy atom. The zero-order valence-electron chi connectivity index (χ0n) is 18.9. The van der Waals surface area contributed by atoms with Crippen LogP contribution in [-0.4, -0.2) is 49.7 Å². The molecule has 34 heavy (non-hydrogen) atoms. The third-order valence-electron chi connectivity index (χ3n) is 5.95. The van der Waals surface area contributed by atoms with Crippen LogP contribution in [0.2, 0.25) is 0 Å². The fourth-order valence-electron chi connectivity index (χ4n) is 4.14. The van der Waals surface area contributed by atoms with Gasteiger partial charge in [-0.1, -0.05) is 60.2 Å². The van der Waals surface area contributed by atoms with Crippen LogP contribution in [0, 0.1) is 18.3 Å². The minimum absolute atomic E-state index is 0.0164. The van der Waals surface area contributed by atoms with Gasteiger partial charge >= 0.3 is 0 Å². The van der Waals surface area contributed by atoms with E-state index in [-0.39, 0.29) is 29.5 Å². The van der Waals surface area contributed by atoms with E-state index in [0.717, 1.165) is 11.1 Å². The van der Waals surface area contributed by atoms with Crippen LogP contribution in [0.3, 0.4) is 0 Å². The highest BCUT2D eigenvalue weighted by Gasteiger charge is 2.35. The number of piperazine rings is 1. The van der Waals surface area contributed by atoms with Gasteiger partial charge in [0.1, 0.15) is 12.1 Å². The zero-order chi connectivity index (χ0) is 24.1. The molecule has 3 aromatic rings. The molecule has 1 fully saturated rings. The quantitative estimate of drug-likeness (QED) is 0.590. The molecule has 1 heterocycles. The second-order valence-electron chi connectivity index (χ2n) is 8.22. The van der Waals surface area contributed by atoms with Crippen molar-refractivity contribution in [1.82, 2.24) is 9.21 Å². The number of aryl methyl sites for hydroxylation is 1. The van der Waals surface area contributed by atoms with Crippen molar-refractivity contribution >= 4 is 21.6 Å². The molecule has 1 N–H and O–H groups in total. The number of anilines is 1. The van der Waals surface area contributed by atoms with Gasteiger partial charge < -0.3 is 5.32 Å². The molecule has 0 aliphatic carbocycles. The first-order valence-electron chi connectivity index (χ1n) is 11.1. The van der Waals surface area contributed by atoms with Gasteiger partial charge in [0, 0.05) is 31.9 Å². The van der Waals surface area contributed by atoms with E-state index in [1.165, 1.54) is 16.4 Å². The molecule has 0 radical (unpaired) electrons. The molecule has 1 atom stereocenters. The summed E-state index contributed by atoms with van der Waals surface area (Å²) in [4.78, 5) is 15.4. The average molecular weight is 475 g/mol. The fourth-order valence-corrected chi connectivity index (χ4v) is 5.70. The number of hydrogen-bond acceptors (Lipinski definition) is 5. The van der Waals surface area contributed by atoms with Crippen molar-refractivity contribution in [3.63, 3.8) is 0 Å². The number of benzene rings is 3.